The van der Waals surface area contributed by atoms with Crippen LogP contribution in [0, 0.1) is 16.0 Å². The molecular formula is C14H17ClN4O2. The number of nitrogens with zero attached hydrogens (tertiary/aromatic N) is 3. The third-order valence-corrected chi connectivity index (χ3v) is 4.47. The number of nitro groups is 1. The van der Waals surface area contributed by atoms with Crippen LogP contribution in [0.15, 0.2) is 30.4 Å². The number of aromatic nitrogens is 1. The molecule has 21 heavy (non-hydrogen) atoms. The number of halogens is 1. The van der Waals surface area contributed by atoms with Crippen molar-refractivity contribution < 1.29 is 4.92 Å². The minimum absolute atomic E-state index is 0.369. The highest BCUT2D eigenvalue weighted by molar-refractivity contribution is 6.29. The van der Waals surface area contributed by atoms with Gasteiger partial charge in [0.2, 0.25) is 0 Å². The van der Waals surface area contributed by atoms with E-state index >= 15 is 0 Å². The molecule has 1 aliphatic heterocycles. The van der Waals surface area contributed by atoms with Gasteiger partial charge in [0, 0.05) is 25.3 Å². The molecule has 2 aliphatic rings. The molecule has 2 heterocycles. The molecular weight excluding hydrogens is 292 g/mol. The first-order valence-corrected chi connectivity index (χ1v) is 7.47. The van der Waals surface area contributed by atoms with Gasteiger partial charge in [-0.2, -0.15) is 0 Å². The molecule has 0 spiro atoms. The van der Waals surface area contributed by atoms with Gasteiger partial charge in [-0.3, -0.25) is 10.1 Å². The molecule has 2 unspecified atom stereocenters. The van der Waals surface area contributed by atoms with E-state index in [0.717, 1.165) is 24.7 Å². The van der Waals surface area contributed by atoms with Crippen molar-refractivity contribution in [3.8, 4) is 0 Å². The molecule has 2 fully saturated rings. The van der Waals surface area contributed by atoms with Crippen LogP contribution in [0.5, 0.6) is 0 Å². The minimum atomic E-state index is -0.398. The molecule has 112 valence electrons. The monoisotopic (exact) mass is 308 g/mol. The predicted octanol–water partition coefficient (Wildman–Crippen LogP) is 2.38. The Balaban J connectivity index is 1.85. The van der Waals surface area contributed by atoms with Gasteiger partial charge < -0.3 is 10.2 Å². The summed E-state index contributed by atoms with van der Waals surface area (Å²) >= 11 is 5.80. The van der Waals surface area contributed by atoms with Crippen molar-refractivity contribution in [2.24, 2.45) is 5.92 Å². The first-order valence-electron chi connectivity index (χ1n) is 7.10. The lowest BCUT2D eigenvalue weighted by Gasteiger charge is -2.40. The fourth-order valence-corrected chi connectivity index (χ4v) is 3.41. The molecule has 1 N–H and O–H groups in total. The molecule has 0 aromatic carbocycles. The van der Waals surface area contributed by atoms with E-state index in [4.69, 9.17) is 11.6 Å². The lowest BCUT2D eigenvalue weighted by molar-refractivity contribution is -0.405. The van der Waals surface area contributed by atoms with Crippen LogP contribution in [-0.4, -0.2) is 27.4 Å². The van der Waals surface area contributed by atoms with Crippen LogP contribution in [-0.2, 0) is 6.54 Å². The van der Waals surface area contributed by atoms with Crippen molar-refractivity contribution in [3.63, 3.8) is 0 Å². The summed E-state index contributed by atoms with van der Waals surface area (Å²) < 4.78 is 0. The van der Waals surface area contributed by atoms with Gasteiger partial charge >= 0.3 is 0 Å². The van der Waals surface area contributed by atoms with E-state index in [2.05, 4.69) is 15.2 Å². The molecule has 3 rings (SSSR count). The molecule has 0 bridgehead atoms. The number of nitrogens with one attached hydrogen (secondary N) is 1. The molecule has 0 radical (unpaired) electrons. The van der Waals surface area contributed by atoms with E-state index in [9.17, 15) is 10.1 Å². The van der Waals surface area contributed by atoms with Crippen LogP contribution in [0.4, 0.5) is 0 Å². The quantitative estimate of drug-likeness (QED) is 0.527. The van der Waals surface area contributed by atoms with Gasteiger partial charge in [-0.15, -0.1) is 0 Å². The second-order valence-electron chi connectivity index (χ2n) is 5.56. The molecule has 2 atom stereocenters. The van der Waals surface area contributed by atoms with E-state index in [1.165, 1.54) is 12.8 Å². The van der Waals surface area contributed by atoms with Gasteiger partial charge in [-0.25, -0.2) is 4.98 Å². The Kier molecular flexibility index (Phi) is 3.96. The van der Waals surface area contributed by atoms with E-state index in [0.29, 0.717) is 29.5 Å². The summed E-state index contributed by atoms with van der Waals surface area (Å²) in [6.45, 7) is 1.43. The van der Waals surface area contributed by atoms with E-state index in [1.54, 1.807) is 12.3 Å². The van der Waals surface area contributed by atoms with Crippen molar-refractivity contribution >= 4 is 11.6 Å². The van der Waals surface area contributed by atoms with Crippen molar-refractivity contribution in [3.05, 3.63) is 51.2 Å². The standard InChI is InChI=1S/C14H17ClN4O2/c15-13-5-4-10(6-16-13)8-18-12-3-1-2-11(12)7-17-14(18)9-19(20)21/h4-6,9,11-12,17H,1-3,7-8H2/b14-9+. The van der Waals surface area contributed by atoms with Gasteiger partial charge in [-0.05, 0) is 30.4 Å². The fourth-order valence-electron chi connectivity index (χ4n) is 3.30. The minimum Gasteiger partial charge on any atom is -0.366 e. The summed E-state index contributed by atoms with van der Waals surface area (Å²) in [6.07, 6.45) is 6.24. The predicted molar refractivity (Wildman–Crippen MR) is 79.0 cm³/mol. The van der Waals surface area contributed by atoms with Crippen LogP contribution >= 0.6 is 11.6 Å². The number of hydrogen-bond donors (Lipinski definition) is 1. The average Bonchev–Trinajstić information content (AvgIpc) is 2.92. The van der Waals surface area contributed by atoms with Crippen LogP contribution in [0.25, 0.3) is 0 Å². The first-order chi connectivity index (χ1) is 10.1. The van der Waals surface area contributed by atoms with Crippen LogP contribution in [0.3, 0.4) is 0 Å². The number of rotatable bonds is 3. The molecule has 1 saturated carbocycles. The third-order valence-electron chi connectivity index (χ3n) is 4.24. The zero-order valence-electron chi connectivity index (χ0n) is 11.5. The highest BCUT2D eigenvalue weighted by atomic mass is 35.5. The molecule has 1 saturated heterocycles. The van der Waals surface area contributed by atoms with Gasteiger partial charge in [0.05, 0.1) is 4.92 Å². The van der Waals surface area contributed by atoms with Crippen LogP contribution in [0.1, 0.15) is 24.8 Å². The van der Waals surface area contributed by atoms with Crippen molar-refractivity contribution in [2.45, 2.75) is 31.8 Å². The highest BCUT2D eigenvalue weighted by Gasteiger charge is 2.37. The lowest BCUT2D eigenvalue weighted by Crippen LogP contribution is -2.49. The van der Waals surface area contributed by atoms with E-state index < -0.39 is 4.92 Å². The zero-order chi connectivity index (χ0) is 14.8. The Hall–Kier alpha value is -1.82. The Morgan fingerprint density at radius 3 is 3.10 bits per heavy atom. The largest absolute Gasteiger partial charge is 0.366 e. The topological polar surface area (TPSA) is 71.3 Å². The SMILES string of the molecule is O=[N+]([O-])/C=C1\NCC2CCCC2N1Cc1ccc(Cl)nc1. The summed E-state index contributed by atoms with van der Waals surface area (Å²) in [5.74, 6) is 1.16. The number of hydrogen-bond acceptors (Lipinski definition) is 5. The zero-order valence-corrected chi connectivity index (χ0v) is 12.3. The number of pyridine rings is 1. The highest BCUT2D eigenvalue weighted by Crippen LogP contribution is 2.35. The number of fused-ring (bicyclic) bond motifs is 1. The molecule has 1 aromatic heterocycles. The maximum Gasteiger partial charge on any atom is 0.274 e. The second kappa shape index (κ2) is 5.89. The second-order valence-corrected chi connectivity index (χ2v) is 5.94. The van der Waals surface area contributed by atoms with Crippen LogP contribution < -0.4 is 5.32 Å². The van der Waals surface area contributed by atoms with Crippen LogP contribution in [0.2, 0.25) is 5.15 Å². The molecule has 7 heteroatoms. The molecule has 6 nitrogen and oxygen atoms in total. The molecule has 0 amide bonds. The summed E-state index contributed by atoms with van der Waals surface area (Å²) in [7, 11) is 0. The Morgan fingerprint density at radius 2 is 2.38 bits per heavy atom. The Morgan fingerprint density at radius 1 is 1.52 bits per heavy atom. The average molecular weight is 309 g/mol. The third kappa shape index (κ3) is 3.10. The normalized spacial score (nSPS) is 26.5. The summed E-state index contributed by atoms with van der Waals surface area (Å²) in [4.78, 5) is 16.6. The summed E-state index contributed by atoms with van der Waals surface area (Å²) in [5, 5.41) is 14.5. The van der Waals surface area contributed by atoms with Gasteiger partial charge in [0.15, 0.2) is 5.82 Å². The molecule has 1 aromatic rings. The maximum atomic E-state index is 10.8. The first kappa shape index (κ1) is 14.1. The summed E-state index contributed by atoms with van der Waals surface area (Å²) in [5.41, 5.74) is 1.00. The van der Waals surface area contributed by atoms with E-state index in [-0.39, 0.29) is 0 Å². The molecule has 1 aliphatic carbocycles. The van der Waals surface area contributed by atoms with Gasteiger partial charge in [-0.1, -0.05) is 24.1 Å². The van der Waals surface area contributed by atoms with Crippen molar-refractivity contribution in [1.29, 1.82) is 0 Å². The van der Waals surface area contributed by atoms with Crippen molar-refractivity contribution in [1.82, 2.24) is 15.2 Å². The Bertz CT molecular complexity index is 561. The Labute approximate surface area is 128 Å². The lowest BCUT2D eigenvalue weighted by atomic mass is 9.99. The van der Waals surface area contributed by atoms with Gasteiger partial charge in [0.1, 0.15) is 5.15 Å². The fraction of sp³-hybridized carbons (Fsp3) is 0.500. The van der Waals surface area contributed by atoms with Crippen molar-refractivity contribution in [2.75, 3.05) is 6.54 Å². The smallest absolute Gasteiger partial charge is 0.274 e. The van der Waals surface area contributed by atoms with E-state index in [1.807, 2.05) is 6.07 Å². The maximum absolute atomic E-state index is 10.8. The van der Waals surface area contributed by atoms with Gasteiger partial charge in [0.25, 0.3) is 6.20 Å². The summed E-state index contributed by atoms with van der Waals surface area (Å²) in [6, 6.07) is 4.03.